The Kier molecular flexibility index (Phi) is 7.59. The third-order valence-corrected chi connectivity index (χ3v) is 7.04. The number of nitrogens with one attached hydrogen (secondary N) is 1. The van der Waals surface area contributed by atoms with Crippen molar-refractivity contribution in [2.24, 2.45) is 0 Å². The molecule has 31 heavy (non-hydrogen) atoms. The van der Waals surface area contributed by atoms with Crippen LogP contribution in [0.1, 0.15) is 36.8 Å². The van der Waals surface area contributed by atoms with E-state index in [1.807, 2.05) is 0 Å². The number of piperidine rings is 1. The molecule has 8 heteroatoms. The first kappa shape index (κ1) is 22.7. The lowest BCUT2D eigenvalue weighted by molar-refractivity contribution is -0.131. The molecule has 2 aromatic rings. The van der Waals surface area contributed by atoms with Crippen molar-refractivity contribution in [2.75, 3.05) is 18.4 Å². The molecule has 0 radical (unpaired) electrons. The fraction of sp³-hybridized carbons (Fsp3) is 0.304. The number of rotatable bonds is 8. The van der Waals surface area contributed by atoms with Crippen LogP contribution in [0.4, 0.5) is 5.69 Å². The van der Waals surface area contributed by atoms with Crippen molar-refractivity contribution in [3.8, 4) is 0 Å². The molecule has 2 N–H and O–H groups in total. The van der Waals surface area contributed by atoms with Gasteiger partial charge < -0.3 is 10.4 Å². The zero-order valence-electron chi connectivity index (χ0n) is 17.2. The summed E-state index contributed by atoms with van der Waals surface area (Å²) in [4.78, 5) is 23.0. The van der Waals surface area contributed by atoms with Gasteiger partial charge in [-0.15, -0.1) is 0 Å². The van der Waals surface area contributed by atoms with Crippen molar-refractivity contribution in [3.05, 3.63) is 65.7 Å². The minimum Gasteiger partial charge on any atom is -0.478 e. The average Bonchev–Trinajstić information content (AvgIpc) is 2.78. The number of sulfonamides is 1. The summed E-state index contributed by atoms with van der Waals surface area (Å²) in [6.45, 7) is 1.14. The van der Waals surface area contributed by atoms with Crippen molar-refractivity contribution in [2.45, 2.75) is 37.0 Å². The van der Waals surface area contributed by atoms with Gasteiger partial charge in [-0.05, 0) is 60.7 Å². The Bertz CT molecular complexity index is 1040. The maximum atomic E-state index is 12.7. The molecule has 1 heterocycles. The van der Waals surface area contributed by atoms with E-state index in [2.05, 4.69) is 5.32 Å². The molecule has 3 rings (SSSR count). The summed E-state index contributed by atoms with van der Waals surface area (Å²) in [5.41, 5.74) is 2.24. The minimum atomic E-state index is -3.45. The minimum absolute atomic E-state index is 0.154. The molecule has 1 saturated heterocycles. The van der Waals surface area contributed by atoms with Crippen LogP contribution < -0.4 is 5.32 Å². The van der Waals surface area contributed by atoms with Gasteiger partial charge in [-0.25, -0.2) is 13.2 Å². The van der Waals surface area contributed by atoms with E-state index in [4.69, 9.17) is 5.11 Å². The second-order valence-corrected chi connectivity index (χ2v) is 9.39. The third kappa shape index (κ3) is 6.50. The highest BCUT2D eigenvalue weighted by Crippen LogP contribution is 2.21. The van der Waals surface area contributed by atoms with E-state index in [0.717, 1.165) is 36.5 Å². The zero-order valence-corrected chi connectivity index (χ0v) is 18.0. The van der Waals surface area contributed by atoms with E-state index in [1.165, 1.54) is 6.08 Å². The van der Waals surface area contributed by atoms with Gasteiger partial charge in [0.15, 0.2) is 0 Å². The van der Waals surface area contributed by atoms with Crippen LogP contribution in [0.5, 0.6) is 0 Å². The van der Waals surface area contributed by atoms with Gasteiger partial charge in [-0.3, -0.25) is 4.79 Å². The summed E-state index contributed by atoms with van der Waals surface area (Å²) in [7, 11) is -3.45. The number of carbonyl (C=O) groups is 2. The van der Waals surface area contributed by atoms with Gasteiger partial charge in [0.2, 0.25) is 15.9 Å². The quantitative estimate of drug-likeness (QED) is 0.609. The van der Waals surface area contributed by atoms with Crippen LogP contribution in [-0.2, 0) is 26.0 Å². The van der Waals surface area contributed by atoms with Crippen LogP contribution in [0.2, 0.25) is 0 Å². The molecular formula is C23H26N2O5S. The van der Waals surface area contributed by atoms with E-state index in [-0.39, 0.29) is 12.3 Å². The first-order valence-corrected chi connectivity index (χ1v) is 11.7. The number of carboxylic acids is 1. The number of carboxylic acid groups (broad SMARTS) is 1. The van der Waals surface area contributed by atoms with Crippen LogP contribution in [0.3, 0.4) is 0 Å². The predicted octanol–water partition coefficient (Wildman–Crippen LogP) is 3.53. The number of aryl methyl sites for hydroxylation is 1. The van der Waals surface area contributed by atoms with Crippen LogP contribution >= 0.6 is 0 Å². The Morgan fingerprint density at radius 3 is 2.23 bits per heavy atom. The molecule has 2 aromatic carbocycles. The van der Waals surface area contributed by atoms with Crippen LogP contribution in [0.25, 0.3) is 6.08 Å². The molecule has 0 spiro atoms. The molecule has 7 nitrogen and oxygen atoms in total. The molecule has 0 atom stereocenters. The van der Waals surface area contributed by atoms with E-state index in [0.29, 0.717) is 30.1 Å². The highest BCUT2D eigenvalue weighted by atomic mass is 32.2. The van der Waals surface area contributed by atoms with Crippen LogP contribution in [-0.4, -0.2) is 42.8 Å². The molecule has 1 aliphatic rings. The highest BCUT2D eigenvalue weighted by Gasteiger charge is 2.25. The summed E-state index contributed by atoms with van der Waals surface area (Å²) in [5, 5.41) is 11.4. The molecule has 0 unspecified atom stereocenters. The average molecular weight is 443 g/mol. The van der Waals surface area contributed by atoms with Gasteiger partial charge >= 0.3 is 5.97 Å². The normalized spacial score (nSPS) is 15.1. The highest BCUT2D eigenvalue weighted by molar-refractivity contribution is 7.89. The number of carbonyl (C=O) groups excluding carboxylic acids is 1. The lowest BCUT2D eigenvalue weighted by Gasteiger charge is -2.25. The van der Waals surface area contributed by atoms with Crippen molar-refractivity contribution >= 4 is 33.7 Å². The third-order valence-electron chi connectivity index (χ3n) is 5.13. The number of benzene rings is 2. The number of nitrogens with zero attached hydrogens (tertiary/aromatic N) is 1. The summed E-state index contributed by atoms with van der Waals surface area (Å²) >= 11 is 0. The SMILES string of the molecule is O=C(O)C=Cc1ccc(NC(=O)CCc2ccc(S(=O)(=O)N3CCCCC3)cc2)cc1. The Morgan fingerprint density at radius 2 is 1.61 bits per heavy atom. The number of aliphatic carboxylic acids is 1. The number of anilines is 1. The van der Waals surface area contributed by atoms with Gasteiger partial charge in [0, 0.05) is 31.3 Å². The molecule has 0 aliphatic carbocycles. The fourth-order valence-electron chi connectivity index (χ4n) is 3.41. The number of amides is 1. The van der Waals surface area contributed by atoms with Gasteiger partial charge in [0.25, 0.3) is 0 Å². The smallest absolute Gasteiger partial charge is 0.328 e. The van der Waals surface area contributed by atoms with E-state index >= 15 is 0 Å². The summed E-state index contributed by atoms with van der Waals surface area (Å²) < 4.78 is 26.9. The largest absolute Gasteiger partial charge is 0.478 e. The Hall–Kier alpha value is -2.97. The molecule has 0 saturated carbocycles. The van der Waals surface area contributed by atoms with Gasteiger partial charge in [0.1, 0.15) is 0 Å². The molecule has 0 bridgehead atoms. The predicted molar refractivity (Wildman–Crippen MR) is 119 cm³/mol. The second-order valence-electron chi connectivity index (χ2n) is 7.45. The monoisotopic (exact) mass is 442 g/mol. The lowest BCUT2D eigenvalue weighted by atomic mass is 10.1. The van der Waals surface area contributed by atoms with Gasteiger partial charge in [-0.1, -0.05) is 30.7 Å². The summed E-state index contributed by atoms with van der Waals surface area (Å²) in [5.74, 6) is -1.17. The van der Waals surface area contributed by atoms with E-state index in [9.17, 15) is 18.0 Å². The van der Waals surface area contributed by atoms with Crippen LogP contribution in [0, 0.1) is 0 Å². The summed E-state index contributed by atoms with van der Waals surface area (Å²) in [6.07, 6.45) is 6.15. The summed E-state index contributed by atoms with van der Waals surface area (Å²) in [6, 6.07) is 13.6. The molecule has 1 amide bonds. The standard InChI is InChI=1S/C23H26N2O5S/c26-22(24-20-10-4-18(5-11-20)9-15-23(27)28)14-8-19-6-12-21(13-7-19)31(29,30)25-16-2-1-3-17-25/h4-7,9-13,15H,1-3,8,14,16-17H2,(H,24,26)(H,27,28). The number of hydrogen-bond acceptors (Lipinski definition) is 4. The zero-order chi connectivity index (χ0) is 22.3. The fourth-order valence-corrected chi connectivity index (χ4v) is 4.93. The lowest BCUT2D eigenvalue weighted by Crippen LogP contribution is -2.35. The number of hydrogen-bond donors (Lipinski definition) is 2. The van der Waals surface area contributed by atoms with Crippen molar-refractivity contribution in [1.82, 2.24) is 4.31 Å². The van der Waals surface area contributed by atoms with Crippen molar-refractivity contribution < 1.29 is 23.1 Å². The Labute approximate surface area is 182 Å². The maximum absolute atomic E-state index is 12.7. The van der Waals surface area contributed by atoms with E-state index < -0.39 is 16.0 Å². The van der Waals surface area contributed by atoms with E-state index in [1.54, 1.807) is 52.8 Å². The molecular weight excluding hydrogens is 416 g/mol. The molecule has 1 fully saturated rings. The van der Waals surface area contributed by atoms with Gasteiger partial charge in [-0.2, -0.15) is 4.31 Å². The first-order valence-electron chi connectivity index (χ1n) is 10.2. The second kappa shape index (κ2) is 10.4. The topological polar surface area (TPSA) is 104 Å². The maximum Gasteiger partial charge on any atom is 0.328 e. The molecule has 164 valence electrons. The van der Waals surface area contributed by atoms with Crippen molar-refractivity contribution in [3.63, 3.8) is 0 Å². The van der Waals surface area contributed by atoms with Gasteiger partial charge in [0.05, 0.1) is 4.90 Å². The molecule has 1 aliphatic heterocycles. The Balaban J connectivity index is 1.51. The molecule has 0 aromatic heterocycles. The Morgan fingerprint density at radius 1 is 0.968 bits per heavy atom. The van der Waals surface area contributed by atoms with Crippen molar-refractivity contribution in [1.29, 1.82) is 0 Å². The van der Waals surface area contributed by atoms with Crippen LogP contribution in [0.15, 0.2) is 59.5 Å². The first-order chi connectivity index (χ1) is 14.8.